The van der Waals surface area contributed by atoms with Crippen LogP contribution in [0.15, 0.2) is 11.6 Å². The third-order valence-corrected chi connectivity index (χ3v) is 1.31. The van der Waals surface area contributed by atoms with Crippen molar-refractivity contribution in [1.29, 1.82) is 0 Å². The lowest BCUT2D eigenvalue weighted by atomic mass is 10.3. The highest BCUT2D eigenvalue weighted by Gasteiger charge is 2.21. The van der Waals surface area contributed by atoms with Gasteiger partial charge < -0.3 is 9.84 Å². The second kappa shape index (κ2) is 2.37. The van der Waals surface area contributed by atoms with Crippen molar-refractivity contribution in [2.24, 2.45) is 0 Å². The van der Waals surface area contributed by atoms with E-state index in [0.717, 1.165) is 0 Å². The molecular weight excluding hydrogens is 144 g/mol. The fourth-order valence-corrected chi connectivity index (χ4v) is 0.756. The van der Waals surface area contributed by atoms with Crippen LogP contribution in [0.1, 0.15) is 0 Å². The lowest BCUT2D eigenvalue weighted by molar-refractivity contribution is -0.151. The van der Waals surface area contributed by atoms with Gasteiger partial charge in [0.2, 0.25) is 6.29 Å². The van der Waals surface area contributed by atoms with Gasteiger partial charge in [-0.15, -0.1) is 11.6 Å². The predicted molar refractivity (Wildman–Crippen MR) is 30.9 cm³/mol. The Hall–Kier alpha value is -0.540. The summed E-state index contributed by atoms with van der Waals surface area (Å²) in [6.45, 7) is 0. The maximum Gasteiger partial charge on any atom is 0.333 e. The van der Waals surface area contributed by atoms with Crippen molar-refractivity contribution < 1.29 is 14.6 Å². The molecule has 0 radical (unpaired) electrons. The van der Waals surface area contributed by atoms with Gasteiger partial charge in [0.15, 0.2) is 0 Å². The fourth-order valence-electron chi connectivity index (χ4n) is 0.547. The average molecular weight is 149 g/mol. The summed E-state index contributed by atoms with van der Waals surface area (Å²) in [5.74, 6) is -0.398. The lowest BCUT2D eigenvalue weighted by Gasteiger charge is -2.01. The Labute approximate surface area is 56.9 Å². The number of aliphatic hydroxyl groups is 1. The molecule has 0 aromatic rings. The number of carbonyl (C=O) groups excluding carboxylic acids is 1. The maximum absolute atomic E-state index is 10.3. The standard InChI is InChI=1S/C5H5ClO3/c6-2-3-1-4(7)9-5(3)8/h1,5,8H,2H2. The summed E-state index contributed by atoms with van der Waals surface area (Å²) >= 11 is 5.31. The second-order valence-corrected chi connectivity index (χ2v) is 1.91. The van der Waals surface area contributed by atoms with Crippen LogP contribution in [-0.4, -0.2) is 23.2 Å². The zero-order valence-corrected chi connectivity index (χ0v) is 5.26. The van der Waals surface area contributed by atoms with Crippen molar-refractivity contribution in [2.75, 3.05) is 5.88 Å². The molecule has 0 aromatic carbocycles. The van der Waals surface area contributed by atoms with Gasteiger partial charge in [-0.1, -0.05) is 0 Å². The Morgan fingerprint density at radius 2 is 2.56 bits per heavy atom. The van der Waals surface area contributed by atoms with Gasteiger partial charge in [-0.25, -0.2) is 4.79 Å². The van der Waals surface area contributed by atoms with Crippen molar-refractivity contribution in [1.82, 2.24) is 0 Å². The molecule has 1 heterocycles. The lowest BCUT2D eigenvalue weighted by Crippen LogP contribution is -2.10. The van der Waals surface area contributed by atoms with Gasteiger partial charge in [0.1, 0.15) is 0 Å². The van der Waals surface area contributed by atoms with Crippen molar-refractivity contribution >= 4 is 17.6 Å². The maximum atomic E-state index is 10.3. The average Bonchev–Trinajstić information content (AvgIpc) is 2.10. The zero-order valence-electron chi connectivity index (χ0n) is 4.50. The number of cyclic esters (lactones) is 1. The first-order valence-electron chi connectivity index (χ1n) is 2.39. The van der Waals surface area contributed by atoms with Crippen LogP contribution < -0.4 is 0 Å². The number of aliphatic hydroxyl groups excluding tert-OH is 1. The smallest absolute Gasteiger partial charge is 0.333 e. The number of halogens is 1. The molecule has 1 N–H and O–H groups in total. The van der Waals surface area contributed by atoms with Gasteiger partial charge in [0, 0.05) is 17.5 Å². The Kier molecular flexibility index (Phi) is 1.73. The molecule has 0 bridgehead atoms. The number of rotatable bonds is 1. The first kappa shape index (κ1) is 6.58. The van der Waals surface area contributed by atoms with E-state index in [-0.39, 0.29) is 5.88 Å². The highest BCUT2D eigenvalue weighted by atomic mass is 35.5. The van der Waals surface area contributed by atoms with Gasteiger partial charge in [0.25, 0.3) is 0 Å². The van der Waals surface area contributed by atoms with Crippen molar-refractivity contribution in [3.63, 3.8) is 0 Å². The molecule has 1 atom stereocenters. The third kappa shape index (κ3) is 1.23. The molecule has 4 heteroatoms. The molecule has 0 aliphatic carbocycles. The molecule has 0 saturated carbocycles. The number of hydrogen-bond acceptors (Lipinski definition) is 3. The molecule has 0 fully saturated rings. The number of ether oxygens (including phenoxy) is 1. The Balaban J connectivity index is 2.68. The summed E-state index contributed by atoms with van der Waals surface area (Å²) in [7, 11) is 0. The normalized spacial score (nSPS) is 25.8. The van der Waals surface area contributed by atoms with Crippen molar-refractivity contribution in [3.05, 3.63) is 11.6 Å². The van der Waals surface area contributed by atoms with E-state index in [2.05, 4.69) is 4.74 Å². The first-order valence-corrected chi connectivity index (χ1v) is 2.92. The van der Waals surface area contributed by atoms with Gasteiger partial charge in [-0.05, 0) is 0 Å². The van der Waals surface area contributed by atoms with E-state index >= 15 is 0 Å². The molecule has 0 spiro atoms. The van der Waals surface area contributed by atoms with Gasteiger partial charge in [0.05, 0.1) is 0 Å². The fraction of sp³-hybridized carbons (Fsp3) is 0.400. The Morgan fingerprint density at radius 1 is 1.89 bits per heavy atom. The molecule has 1 aliphatic rings. The van der Waals surface area contributed by atoms with Crippen LogP contribution in [-0.2, 0) is 9.53 Å². The molecule has 1 unspecified atom stereocenters. The van der Waals surface area contributed by atoms with Crippen LogP contribution in [0.5, 0.6) is 0 Å². The summed E-state index contributed by atoms with van der Waals surface area (Å²) in [5, 5.41) is 8.76. The Bertz CT molecular complexity index is 164. The minimum Gasteiger partial charge on any atom is -0.429 e. The van der Waals surface area contributed by atoms with E-state index in [9.17, 15) is 4.79 Å². The Morgan fingerprint density at radius 3 is 2.78 bits per heavy atom. The number of esters is 1. The molecule has 50 valence electrons. The van der Waals surface area contributed by atoms with E-state index in [0.29, 0.717) is 5.57 Å². The van der Waals surface area contributed by atoms with Gasteiger partial charge >= 0.3 is 5.97 Å². The van der Waals surface area contributed by atoms with Gasteiger partial charge in [-0.3, -0.25) is 0 Å². The molecular formula is C5H5ClO3. The van der Waals surface area contributed by atoms with Gasteiger partial charge in [-0.2, -0.15) is 0 Å². The minimum absolute atomic E-state index is 0.132. The molecule has 9 heavy (non-hydrogen) atoms. The monoisotopic (exact) mass is 148 g/mol. The largest absolute Gasteiger partial charge is 0.429 e. The van der Waals surface area contributed by atoms with Crippen LogP contribution in [0.4, 0.5) is 0 Å². The molecule has 3 nitrogen and oxygen atoms in total. The first-order chi connectivity index (χ1) is 4.24. The SMILES string of the molecule is O=C1C=C(CCl)C(O)O1. The van der Waals surface area contributed by atoms with Crippen LogP contribution in [0, 0.1) is 0 Å². The van der Waals surface area contributed by atoms with Crippen LogP contribution in [0.3, 0.4) is 0 Å². The van der Waals surface area contributed by atoms with E-state index in [1.54, 1.807) is 0 Å². The van der Waals surface area contributed by atoms with Crippen LogP contribution in [0.25, 0.3) is 0 Å². The molecule has 1 aliphatic heterocycles. The van der Waals surface area contributed by atoms with E-state index in [1.165, 1.54) is 6.08 Å². The summed E-state index contributed by atoms with van der Waals surface area (Å²) < 4.78 is 4.30. The zero-order chi connectivity index (χ0) is 6.85. The summed E-state index contributed by atoms with van der Waals surface area (Å²) in [6, 6.07) is 0. The molecule has 0 saturated heterocycles. The molecule has 0 amide bonds. The van der Waals surface area contributed by atoms with E-state index in [1.807, 2.05) is 0 Å². The second-order valence-electron chi connectivity index (χ2n) is 1.64. The number of hydrogen-bond donors (Lipinski definition) is 1. The number of carbonyl (C=O) groups is 1. The topological polar surface area (TPSA) is 46.5 Å². The summed E-state index contributed by atoms with van der Waals surface area (Å²) in [4.78, 5) is 10.3. The van der Waals surface area contributed by atoms with Crippen molar-refractivity contribution in [2.45, 2.75) is 6.29 Å². The van der Waals surface area contributed by atoms with Crippen LogP contribution in [0.2, 0.25) is 0 Å². The van der Waals surface area contributed by atoms with E-state index in [4.69, 9.17) is 16.7 Å². The quantitative estimate of drug-likeness (QED) is 0.422. The highest BCUT2D eigenvalue weighted by Crippen LogP contribution is 2.13. The minimum atomic E-state index is -1.12. The highest BCUT2D eigenvalue weighted by molar-refractivity contribution is 6.20. The number of alkyl halides is 1. The summed E-state index contributed by atoms with van der Waals surface area (Å²) in [6.07, 6.45) is 0.0764. The summed E-state index contributed by atoms with van der Waals surface area (Å²) in [5.41, 5.74) is 0.418. The van der Waals surface area contributed by atoms with E-state index < -0.39 is 12.3 Å². The molecule has 0 aromatic heterocycles. The van der Waals surface area contributed by atoms with Crippen LogP contribution >= 0.6 is 11.6 Å². The third-order valence-electron chi connectivity index (χ3n) is 1.00. The molecule has 1 rings (SSSR count). The predicted octanol–water partition coefficient (Wildman–Crippen LogP) is 0.0268. The van der Waals surface area contributed by atoms with Crippen molar-refractivity contribution in [3.8, 4) is 0 Å².